The van der Waals surface area contributed by atoms with Crippen molar-refractivity contribution in [2.75, 3.05) is 30.0 Å². The van der Waals surface area contributed by atoms with Gasteiger partial charge in [0.1, 0.15) is 5.82 Å². The van der Waals surface area contributed by atoms with Crippen LogP contribution in [0.3, 0.4) is 0 Å². The molecule has 9 nitrogen and oxygen atoms in total. The van der Waals surface area contributed by atoms with Crippen LogP contribution < -0.4 is 10.9 Å². The first-order valence-corrected chi connectivity index (χ1v) is 16.7. The lowest BCUT2D eigenvalue weighted by Gasteiger charge is -2.46. The van der Waals surface area contributed by atoms with E-state index < -0.39 is 10.6 Å². The van der Waals surface area contributed by atoms with Crippen molar-refractivity contribution in [3.05, 3.63) is 118 Å². The van der Waals surface area contributed by atoms with Crippen molar-refractivity contribution >= 4 is 16.4 Å². The SMILES string of the molecule is Cc1ccccc1-n1nc(-c2c(NCC3(COCc4ccccc4)CCS(O)(O)CC3)n[nH]c2-c2ccc(F)cc2)ccc1=O. The number of hydrogen-bond donors (Lipinski definition) is 4. The third kappa shape index (κ3) is 7.02. The number of anilines is 1. The molecular formula is C34H36FN5O4S. The van der Waals surface area contributed by atoms with E-state index in [2.05, 4.69) is 15.5 Å². The fraction of sp³-hybridized carbons (Fsp3) is 0.265. The first-order valence-electron chi connectivity index (χ1n) is 14.8. The molecule has 5 aromatic rings. The van der Waals surface area contributed by atoms with Crippen LogP contribution in [0.5, 0.6) is 0 Å². The molecule has 0 bridgehead atoms. The van der Waals surface area contributed by atoms with Crippen LogP contribution in [0, 0.1) is 18.2 Å². The predicted molar refractivity (Wildman–Crippen MR) is 176 cm³/mol. The number of ether oxygens (including phenoxy) is 1. The zero-order valence-electron chi connectivity index (χ0n) is 24.9. The lowest BCUT2D eigenvalue weighted by molar-refractivity contribution is 0.0330. The Balaban J connectivity index is 1.34. The molecule has 45 heavy (non-hydrogen) atoms. The van der Waals surface area contributed by atoms with Crippen LogP contribution in [0.2, 0.25) is 0 Å². The number of aryl methyl sites for hydroxylation is 1. The molecule has 2 aromatic heterocycles. The second-order valence-electron chi connectivity index (χ2n) is 11.6. The highest BCUT2D eigenvalue weighted by atomic mass is 32.3. The number of nitrogens with zero attached hydrogens (tertiary/aromatic N) is 3. The molecule has 3 aromatic carbocycles. The molecule has 0 atom stereocenters. The van der Waals surface area contributed by atoms with E-state index in [9.17, 15) is 18.3 Å². The maximum Gasteiger partial charge on any atom is 0.271 e. The molecule has 11 heteroatoms. The molecule has 3 heterocycles. The molecule has 234 valence electrons. The Kier molecular flexibility index (Phi) is 8.86. The van der Waals surface area contributed by atoms with E-state index in [4.69, 9.17) is 9.84 Å². The van der Waals surface area contributed by atoms with Crippen LogP contribution in [0.15, 0.2) is 95.8 Å². The molecule has 4 N–H and O–H groups in total. The fourth-order valence-electron chi connectivity index (χ4n) is 5.65. The van der Waals surface area contributed by atoms with Crippen LogP contribution in [0.4, 0.5) is 10.2 Å². The number of halogens is 1. The molecule has 1 fully saturated rings. The van der Waals surface area contributed by atoms with E-state index in [0.29, 0.717) is 78.1 Å². The maximum absolute atomic E-state index is 13.9. The average Bonchev–Trinajstić information content (AvgIpc) is 3.47. The number of benzene rings is 3. The summed E-state index contributed by atoms with van der Waals surface area (Å²) in [5.74, 6) is 0.766. The molecule has 0 radical (unpaired) electrons. The van der Waals surface area contributed by atoms with Gasteiger partial charge in [-0.3, -0.25) is 19.0 Å². The van der Waals surface area contributed by atoms with E-state index in [-0.39, 0.29) is 16.8 Å². The Morgan fingerprint density at radius 1 is 0.978 bits per heavy atom. The Labute approximate surface area is 262 Å². The van der Waals surface area contributed by atoms with Crippen molar-refractivity contribution in [2.45, 2.75) is 26.4 Å². The summed E-state index contributed by atoms with van der Waals surface area (Å²) in [4.78, 5) is 13.0. The van der Waals surface area contributed by atoms with Crippen molar-refractivity contribution in [3.63, 3.8) is 0 Å². The highest BCUT2D eigenvalue weighted by Crippen LogP contribution is 2.50. The van der Waals surface area contributed by atoms with Gasteiger partial charge in [-0.2, -0.15) is 25.5 Å². The second kappa shape index (κ2) is 13.0. The van der Waals surface area contributed by atoms with Gasteiger partial charge in [-0.15, -0.1) is 0 Å². The summed E-state index contributed by atoms with van der Waals surface area (Å²) in [7, 11) is -2.62. The van der Waals surface area contributed by atoms with Crippen LogP contribution >= 0.6 is 10.6 Å². The number of aromatic nitrogens is 4. The molecule has 0 unspecified atom stereocenters. The van der Waals surface area contributed by atoms with E-state index in [1.807, 2.05) is 61.5 Å². The number of aromatic amines is 1. The van der Waals surface area contributed by atoms with E-state index in [0.717, 1.165) is 11.1 Å². The largest absolute Gasteiger partial charge is 0.376 e. The number of para-hydroxylation sites is 1. The lowest BCUT2D eigenvalue weighted by atomic mass is 9.82. The highest BCUT2D eigenvalue weighted by molar-refractivity contribution is 8.24. The van der Waals surface area contributed by atoms with Gasteiger partial charge < -0.3 is 10.1 Å². The van der Waals surface area contributed by atoms with Crippen LogP contribution in [-0.2, 0) is 11.3 Å². The minimum Gasteiger partial charge on any atom is -0.376 e. The smallest absolute Gasteiger partial charge is 0.271 e. The van der Waals surface area contributed by atoms with E-state index in [1.165, 1.54) is 22.9 Å². The predicted octanol–water partition coefficient (Wildman–Crippen LogP) is 6.90. The normalized spacial score (nSPS) is 16.3. The van der Waals surface area contributed by atoms with Gasteiger partial charge in [-0.05, 0) is 67.3 Å². The molecular weight excluding hydrogens is 593 g/mol. The fourth-order valence-corrected chi connectivity index (χ4v) is 7.38. The van der Waals surface area contributed by atoms with Gasteiger partial charge in [0.15, 0.2) is 5.82 Å². The summed E-state index contributed by atoms with van der Waals surface area (Å²) in [5.41, 5.74) is 4.43. The third-order valence-electron chi connectivity index (χ3n) is 8.37. The number of hydrogen-bond acceptors (Lipinski definition) is 7. The van der Waals surface area contributed by atoms with Gasteiger partial charge in [0, 0.05) is 35.1 Å². The van der Waals surface area contributed by atoms with Gasteiger partial charge in [-0.25, -0.2) is 4.39 Å². The van der Waals surface area contributed by atoms with E-state index in [1.54, 1.807) is 18.2 Å². The van der Waals surface area contributed by atoms with Gasteiger partial charge in [0.05, 0.1) is 35.9 Å². The molecule has 6 rings (SSSR count). The molecule has 1 saturated heterocycles. The third-order valence-corrected chi connectivity index (χ3v) is 10.1. The summed E-state index contributed by atoms with van der Waals surface area (Å²) < 4.78 is 42.2. The zero-order chi connectivity index (χ0) is 31.4. The van der Waals surface area contributed by atoms with E-state index >= 15 is 0 Å². The second-order valence-corrected chi connectivity index (χ2v) is 14.0. The number of nitrogens with one attached hydrogen (secondary N) is 2. The number of rotatable bonds is 10. The Morgan fingerprint density at radius 3 is 2.42 bits per heavy atom. The molecule has 0 saturated carbocycles. The topological polar surface area (TPSA) is 125 Å². The summed E-state index contributed by atoms with van der Waals surface area (Å²) in [6.07, 6.45) is 1.14. The van der Waals surface area contributed by atoms with Crippen LogP contribution in [0.1, 0.15) is 24.0 Å². The summed E-state index contributed by atoms with van der Waals surface area (Å²) in [6.45, 7) is 3.25. The monoisotopic (exact) mass is 629 g/mol. The quantitative estimate of drug-likeness (QED) is 0.132. The molecule has 0 aliphatic carbocycles. The zero-order valence-corrected chi connectivity index (χ0v) is 25.8. The Hall–Kier alpha value is -4.29. The molecule has 0 spiro atoms. The molecule has 0 amide bonds. The Morgan fingerprint density at radius 2 is 1.69 bits per heavy atom. The minimum atomic E-state index is -2.62. The van der Waals surface area contributed by atoms with Gasteiger partial charge >= 0.3 is 0 Å². The first kappa shape index (κ1) is 30.7. The van der Waals surface area contributed by atoms with Gasteiger partial charge in [-0.1, -0.05) is 48.5 Å². The Bertz CT molecular complexity index is 1810. The summed E-state index contributed by atoms with van der Waals surface area (Å²) >= 11 is 0. The first-order chi connectivity index (χ1) is 21.7. The summed E-state index contributed by atoms with van der Waals surface area (Å²) in [5, 5.41) is 16.0. The average molecular weight is 630 g/mol. The van der Waals surface area contributed by atoms with Crippen molar-refractivity contribution in [3.8, 4) is 28.2 Å². The van der Waals surface area contributed by atoms with Gasteiger partial charge in [0.2, 0.25) is 0 Å². The maximum atomic E-state index is 13.9. The lowest BCUT2D eigenvalue weighted by Crippen LogP contribution is -2.41. The highest BCUT2D eigenvalue weighted by Gasteiger charge is 2.38. The standard InChI is InChI=1S/C34H36FN5O4S/c1-24-7-5-6-10-29(24)40-30(41)16-15-28(39-40)31-32(26-11-13-27(35)14-12-26)37-38-33(31)36-22-34(17-19-45(42,43)20-18-34)23-44-21-25-8-3-2-4-9-25/h2-16,42-43H,17-23H2,1H3,(H2,36,37,38). The molecule has 1 aliphatic rings. The van der Waals surface area contributed by atoms with Crippen molar-refractivity contribution < 1.29 is 18.2 Å². The number of H-pyrrole nitrogens is 1. The van der Waals surface area contributed by atoms with Crippen molar-refractivity contribution in [2.24, 2.45) is 5.41 Å². The minimum absolute atomic E-state index is 0.273. The molecule has 1 aliphatic heterocycles. The van der Waals surface area contributed by atoms with Gasteiger partial charge in [0.25, 0.3) is 5.56 Å². The van der Waals surface area contributed by atoms with Crippen molar-refractivity contribution in [1.82, 2.24) is 20.0 Å². The summed E-state index contributed by atoms with van der Waals surface area (Å²) in [6, 6.07) is 26.7. The van der Waals surface area contributed by atoms with Crippen LogP contribution in [0.25, 0.3) is 28.2 Å². The van der Waals surface area contributed by atoms with Crippen LogP contribution in [-0.4, -0.2) is 53.7 Å². The van der Waals surface area contributed by atoms with Crippen molar-refractivity contribution in [1.29, 1.82) is 0 Å².